The van der Waals surface area contributed by atoms with Gasteiger partial charge in [-0.2, -0.15) is 0 Å². The number of anilines is 1. The lowest BCUT2D eigenvalue weighted by Gasteiger charge is -2.32. The smallest absolute Gasteiger partial charge is 0.120 e. The average Bonchev–Trinajstić information content (AvgIpc) is 2.86. The van der Waals surface area contributed by atoms with Crippen molar-refractivity contribution in [3.05, 3.63) is 88.5 Å². The zero-order valence-electron chi connectivity index (χ0n) is 21.1. The standard InChI is InChI=1S/C30H38N2O2/c1-5-32(21-23-8-6-22(7-9-23)16-17-31(2)3)30-20-28(34-4)14-15-29(30)26-11-10-25-19-27(33)13-12-24(25)18-26/h6-9,12-15,19-20,26,33H,5,10-11,16-18,21H2,1-4H3/t26-/m0/s1. The third kappa shape index (κ3) is 5.74. The van der Waals surface area contributed by atoms with E-state index in [2.05, 4.69) is 79.3 Å². The van der Waals surface area contributed by atoms with Gasteiger partial charge in [0.15, 0.2) is 0 Å². The van der Waals surface area contributed by atoms with Crippen LogP contribution in [0.5, 0.6) is 11.5 Å². The number of fused-ring (bicyclic) bond motifs is 1. The lowest BCUT2D eigenvalue weighted by atomic mass is 9.79. The monoisotopic (exact) mass is 458 g/mol. The first-order valence-electron chi connectivity index (χ1n) is 12.4. The molecule has 1 aliphatic rings. The molecule has 0 saturated carbocycles. The van der Waals surface area contributed by atoms with Gasteiger partial charge in [-0.05, 0) is 98.6 Å². The summed E-state index contributed by atoms with van der Waals surface area (Å²) in [6.07, 6.45) is 4.17. The molecule has 4 rings (SSSR count). The number of hydrogen-bond acceptors (Lipinski definition) is 4. The van der Waals surface area contributed by atoms with Crippen LogP contribution in [0.15, 0.2) is 60.7 Å². The highest BCUT2D eigenvalue weighted by Crippen LogP contribution is 2.40. The van der Waals surface area contributed by atoms with Gasteiger partial charge in [-0.15, -0.1) is 0 Å². The molecule has 0 amide bonds. The summed E-state index contributed by atoms with van der Waals surface area (Å²) >= 11 is 0. The number of methoxy groups -OCH3 is 1. The van der Waals surface area contributed by atoms with Crippen LogP contribution in [0.25, 0.3) is 0 Å². The number of aryl methyl sites for hydroxylation is 1. The van der Waals surface area contributed by atoms with Crippen LogP contribution in [0.3, 0.4) is 0 Å². The SMILES string of the molecule is CCN(Cc1ccc(CCN(C)C)cc1)c1cc(OC)ccc1[C@H]1CCc2cc(O)ccc2C1. The molecular formula is C30H38N2O2. The summed E-state index contributed by atoms with van der Waals surface area (Å²) < 4.78 is 5.61. The van der Waals surface area contributed by atoms with Gasteiger partial charge in [0.2, 0.25) is 0 Å². The van der Waals surface area contributed by atoms with Gasteiger partial charge in [-0.1, -0.05) is 36.4 Å². The first-order valence-corrected chi connectivity index (χ1v) is 12.4. The Morgan fingerprint density at radius 1 is 0.941 bits per heavy atom. The second kappa shape index (κ2) is 11.0. The number of ether oxygens (including phenoxy) is 1. The molecule has 0 heterocycles. The maximum Gasteiger partial charge on any atom is 0.120 e. The number of phenols is 1. The van der Waals surface area contributed by atoms with Gasteiger partial charge < -0.3 is 19.6 Å². The number of benzene rings is 3. The third-order valence-electron chi connectivity index (χ3n) is 7.06. The minimum Gasteiger partial charge on any atom is -0.508 e. The van der Waals surface area contributed by atoms with Crippen LogP contribution in [0.2, 0.25) is 0 Å². The molecule has 0 spiro atoms. The Morgan fingerprint density at radius 2 is 1.71 bits per heavy atom. The fraction of sp³-hybridized carbons (Fsp3) is 0.400. The molecule has 0 unspecified atom stereocenters. The largest absolute Gasteiger partial charge is 0.508 e. The predicted octanol–water partition coefficient (Wildman–Crippen LogP) is 5.80. The van der Waals surface area contributed by atoms with E-state index in [9.17, 15) is 5.11 Å². The Kier molecular flexibility index (Phi) is 7.79. The quantitative estimate of drug-likeness (QED) is 0.439. The first-order chi connectivity index (χ1) is 16.5. The summed E-state index contributed by atoms with van der Waals surface area (Å²) in [5, 5.41) is 9.87. The summed E-state index contributed by atoms with van der Waals surface area (Å²) in [6.45, 7) is 5.10. The van der Waals surface area contributed by atoms with E-state index in [0.717, 1.165) is 51.1 Å². The Balaban J connectivity index is 1.57. The van der Waals surface area contributed by atoms with Gasteiger partial charge in [0, 0.05) is 31.4 Å². The van der Waals surface area contributed by atoms with Crippen LogP contribution in [-0.2, 0) is 25.8 Å². The van der Waals surface area contributed by atoms with Crippen molar-refractivity contribution in [3.63, 3.8) is 0 Å². The molecule has 3 aromatic carbocycles. The van der Waals surface area contributed by atoms with Crippen molar-refractivity contribution in [2.75, 3.05) is 39.2 Å². The summed E-state index contributed by atoms with van der Waals surface area (Å²) in [6, 6.07) is 21.5. The second-order valence-electron chi connectivity index (χ2n) is 9.70. The van der Waals surface area contributed by atoms with Crippen molar-refractivity contribution >= 4 is 5.69 Å². The maximum absolute atomic E-state index is 9.87. The number of likely N-dealkylation sites (N-methyl/N-ethyl adjacent to an activating group) is 1. The molecule has 0 bridgehead atoms. The van der Waals surface area contributed by atoms with Crippen LogP contribution < -0.4 is 9.64 Å². The van der Waals surface area contributed by atoms with Crippen molar-refractivity contribution in [2.24, 2.45) is 0 Å². The average molecular weight is 459 g/mol. The Bertz CT molecular complexity index is 1090. The summed E-state index contributed by atoms with van der Waals surface area (Å²) in [5.41, 5.74) is 8.01. The number of rotatable bonds is 9. The lowest BCUT2D eigenvalue weighted by Crippen LogP contribution is -2.25. The van der Waals surface area contributed by atoms with Gasteiger partial charge in [0.1, 0.15) is 11.5 Å². The molecule has 3 aromatic rings. The van der Waals surface area contributed by atoms with Crippen molar-refractivity contribution < 1.29 is 9.84 Å². The zero-order chi connectivity index (χ0) is 24.1. The van der Waals surface area contributed by atoms with E-state index in [-0.39, 0.29) is 0 Å². The number of hydrogen-bond donors (Lipinski definition) is 1. The minimum atomic E-state index is 0.368. The van der Waals surface area contributed by atoms with E-state index in [4.69, 9.17) is 4.74 Å². The summed E-state index contributed by atoms with van der Waals surface area (Å²) in [4.78, 5) is 4.70. The molecule has 1 atom stereocenters. The highest BCUT2D eigenvalue weighted by atomic mass is 16.5. The minimum absolute atomic E-state index is 0.368. The molecular weight excluding hydrogens is 420 g/mol. The van der Waals surface area contributed by atoms with Gasteiger partial charge >= 0.3 is 0 Å². The van der Waals surface area contributed by atoms with Crippen molar-refractivity contribution in [1.82, 2.24) is 4.90 Å². The van der Waals surface area contributed by atoms with Gasteiger partial charge in [0.25, 0.3) is 0 Å². The topological polar surface area (TPSA) is 35.9 Å². The number of aromatic hydroxyl groups is 1. The van der Waals surface area contributed by atoms with E-state index in [1.165, 1.54) is 33.5 Å². The fourth-order valence-electron chi connectivity index (χ4n) is 5.03. The maximum atomic E-state index is 9.87. The van der Waals surface area contributed by atoms with E-state index < -0.39 is 0 Å². The van der Waals surface area contributed by atoms with E-state index in [1.54, 1.807) is 7.11 Å². The van der Waals surface area contributed by atoms with Crippen LogP contribution in [0, 0.1) is 0 Å². The first kappa shape index (κ1) is 24.2. The van der Waals surface area contributed by atoms with Crippen molar-refractivity contribution in [3.8, 4) is 11.5 Å². The van der Waals surface area contributed by atoms with E-state index >= 15 is 0 Å². The molecule has 0 fully saturated rings. The fourth-order valence-corrected chi connectivity index (χ4v) is 5.03. The van der Waals surface area contributed by atoms with Gasteiger partial charge in [-0.25, -0.2) is 0 Å². The van der Waals surface area contributed by atoms with Crippen molar-refractivity contribution in [2.45, 2.75) is 45.1 Å². The summed E-state index contributed by atoms with van der Waals surface area (Å²) in [7, 11) is 5.98. The highest BCUT2D eigenvalue weighted by Gasteiger charge is 2.24. The van der Waals surface area contributed by atoms with Crippen LogP contribution >= 0.6 is 0 Å². The third-order valence-corrected chi connectivity index (χ3v) is 7.06. The molecule has 0 aromatic heterocycles. The molecule has 1 N–H and O–H groups in total. The summed E-state index contributed by atoms with van der Waals surface area (Å²) in [5.74, 6) is 1.73. The molecule has 0 saturated heterocycles. The molecule has 4 heteroatoms. The van der Waals surface area contributed by atoms with Crippen LogP contribution in [0.1, 0.15) is 47.1 Å². The second-order valence-corrected chi connectivity index (χ2v) is 9.70. The normalized spacial score (nSPS) is 15.3. The molecule has 34 heavy (non-hydrogen) atoms. The van der Waals surface area contributed by atoms with Crippen LogP contribution in [0.4, 0.5) is 5.69 Å². The number of phenolic OH excluding ortho intramolecular Hbond substituents is 1. The molecule has 0 aliphatic heterocycles. The Hall–Kier alpha value is -2.98. The van der Waals surface area contributed by atoms with Gasteiger partial charge in [-0.3, -0.25) is 0 Å². The molecule has 1 aliphatic carbocycles. The van der Waals surface area contributed by atoms with E-state index in [0.29, 0.717) is 11.7 Å². The number of nitrogens with zero attached hydrogens (tertiary/aromatic N) is 2. The predicted molar refractivity (Wildman–Crippen MR) is 141 cm³/mol. The van der Waals surface area contributed by atoms with Gasteiger partial charge in [0.05, 0.1) is 7.11 Å². The molecule has 0 radical (unpaired) electrons. The Morgan fingerprint density at radius 3 is 2.41 bits per heavy atom. The van der Waals surface area contributed by atoms with Crippen molar-refractivity contribution in [1.29, 1.82) is 0 Å². The zero-order valence-corrected chi connectivity index (χ0v) is 21.1. The lowest BCUT2D eigenvalue weighted by molar-refractivity contribution is 0.413. The molecule has 4 nitrogen and oxygen atoms in total. The molecule has 180 valence electrons. The van der Waals surface area contributed by atoms with Crippen LogP contribution in [-0.4, -0.2) is 44.3 Å². The Labute approximate surface area is 204 Å². The van der Waals surface area contributed by atoms with E-state index in [1.807, 2.05) is 12.1 Å². The highest BCUT2D eigenvalue weighted by molar-refractivity contribution is 5.60.